The first-order chi connectivity index (χ1) is 8.04. The smallest absolute Gasteiger partial charge is 0.116 e. The number of hydrogen-bond donors (Lipinski definition) is 2. The van der Waals surface area contributed by atoms with Gasteiger partial charge in [-0.2, -0.15) is 0 Å². The van der Waals surface area contributed by atoms with Gasteiger partial charge in [-0.25, -0.2) is 0 Å². The number of rotatable bonds is 3. The van der Waals surface area contributed by atoms with Gasteiger partial charge in [0.05, 0.1) is 0 Å². The average Bonchev–Trinajstić information content (AvgIpc) is 2.50. The van der Waals surface area contributed by atoms with E-state index in [-0.39, 0.29) is 0 Å². The molecule has 2 aromatic rings. The minimum atomic E-state index is 0.300. The van der Waals surface area contributed by atoms with Crippen LogP contribution in [0.25, 0.3) is 10.9 Å². The van der Waals surface area contributed by atoms with Crippen molar-refractivity contribution in [1.82, 2.24) is 4.57 Å². The summed E-state index contributed by atoms with van der Waals surface area (Å²) in [6.45, 7) is 7.99. The van der Waals surface area contributed by atoms with Crippen molar-refractivity contribution in [2.45, 2.75) is 33.9 Å². The van der Waals surface area contributed by atoms with Crippen molar-refractivity contribution in [2.24, 2.45) is 11.7 Å². The van der Waals surface area contributed by atoms with Crippen LogP contribution in [0, 0.1) is 12.8 Å². The van der Waals surface area contributed by atoms with Crippen molar-refractivity contribution in [3.63, 3.8) is 0 Å². The number of phenols is 1. The number of nitrogens with two attached hydrogens (primary N) is 1. The van der Waals surface area contributed by atoms with Gasteiger partial charge in [0.1, 0.15) is 5.75 Å². The largest absolute Gasteiger partial charge is 0.508 e. The number of hydrogen-bond acceptors (Lipinski definition) is 2. The second kappa shape index (κ2) is 4.41. The maximum absolute atomic E-state index is 9.58. The minimum absolute atomic E-state index is 0.300. The maximum Gasteiger partial charge on any atom is 0.116 e. The predicted octanol–water partition coefficient (Wildman–Crippen LogP) is 2.77. The van der Waals surface area contributed by atoms with E-state index in [9.17, 15) is 5.11 Å². The van der Waals surface area contributed by atoms with Gasteiger partial charge in [0.15, 0.2) is 0 Å². The predicted molar refractivity (Wildman–Crippen MR) is 71.1 cm³/mol. The van der Waals surface area contributed by atoms with E-state index < -0.39 is 0 Å². The van der Waals surface area contributed by atoms with Crippen LogP contribution < -0.4 is 5.73 Å². The molecule has 0 amide bonds. The first kappa shape index (κ1) is 12.0. The fourth-order valence-corrected chi connectivity index (χ4v) is 2.40. The molecular weight excluding hydrogens is 212 g/mol. The van der Waals surface area contributed by atoms with Crippen LogP contribution in [-0.2, 0) is 13.1 Å². The SMILES string of the molecule is Cc1c(CN)c2cc(O)ccc2n1CC(C)C. The molecule has 0 radical (unpaired) electrons. The number of aromatic nitrogens is 1. The van der Waals surface area contributed by atoms with Gasteiger partial charge in [-0.15, -0.1) is 0 Å². The molecule has 2 rings (SSSR count). The van der Waals surface area contributed by atoms with E-state index in [2.05, 4.69) is 25.3 Å². The average molecular weight is 232 g/mol. The lowest BCUT2D eigenvalue weighted by atomic mass is 10.1. The summed E-state index contributed by atoms with van der Waals surface area (Å²) in [5.74, 6) is 0.887. The highest BCUT2D eigenvalue weighted by Crippen LogP contribution is 2.29. The summed E-state index contributed by atoms with van der Waals surface area (Å²) >= 11 is 0. The van der Waals surface area contributed by atoms with Gasteiger partial charge in [-0.1, -0.05) is 13.8 Å². The first-order valence-corrected chi connectivity index (χ1v) is 6.05. The summed E-state index contributed by atoms with van der Waals surface area (Å²) in [4.78, 5) is 0. The van der Waals surface area contributed by atoms with Crippen LogP contribution in [0.5, 0.6) is 5.75 Å². The lowest BCUT2D eigenvalue weighted by molar-refractivity contribution is 0.476. The fourth-order valence-electron chi connectivity index (χ4n) is 2.40. The third-order valence-electron chi connectivity index (χ3n) is 3.19. The van der Waals surface area contributed by atoms with Crippen LogP contribution in [0.1, 0.15) is 25.1 Å². The van der Waals surface area contributed by atoms with Gasteiger partial charge in [-0.3, -0.25) is 0 Å². The number of fused-ring (bicyclic) bond motifs is 1. The zero-order valence-corrected chi connectivity index (χ0v) is 10.7. The lowest BCUT2D eigenvalue weighted by Gasteiger charge is -2.11. The number of nitrogens with zero attached hydrogens (tertiary/aromatic N) is 1. The second-order valence-corrected chi connectivity index (χ2v) is 4.97. The highest BCUT2D eigenvalue weighted by Gasteiger charge is 2.13. The van der Waals surface area contributed by atoms with Crippen LogP contribution in [-0.4, -0.2) is 9.67 Å². The van der Waals surface area contributed by atoms with E-state index in [0.717, 1.165) is 23.0 Å². The van der Waals surface area contributed by atoms with E-state index in [1.54, 1.807) is 12.1 Å². The summed E-state index contributed by atoms with van der Waals surface area (Å²) in [6, 6.07) is 5.51. The molecule has 0 fully saturated rings. The molecule has 1 heterocycles. The Morgan fingerprint density at radius 2 is 2.06 bits per heavy atom. The first-order valence-electron chi connectivity index (χ1n) is 6.05. The summed E-state index contributed by atoms with van der Waals surface area (Å²) in [7, 11) is 0. The van der Waals surface area contributed by atoms with Crippen LogP contribution in [0.3, 0.4) is 0 Å². The topological polar surface area (TPSA) is 51.2 Å². The Kier molecular flexibility index (Phi) is 3.11. The van der Waals surface area contributed by atoms with Crippen LogP contribution in [0.2, 0.25) is 0 Å². The summed E-state index contributed by atoms with van der Waals surface area (Å²) in [5, 5.41) is 10.7. The van der Waals surface area contributed by atoms with E-state index in [0.29, 0.717) is 18.2 Å². The molecule has 3 N–H and O–H groups in total. The highest BCUT2D eigenvalue weighted by molar-refractivity contribution is 5.86. The molecule has 0 saturated heterocycles. The molecule has 0 aliphatic rings. The van der Waals surface area contributed by atoms with E-state index in [1.807, 2.05) is 6.07 Å². The molecule has 0 aliphatic heterocycles. The fraction of sp³-hybridized carbons (Fsp3) is 0.429. The molecule has 0 atom stereocenters. The number of benzene rings is 1. The summed E-state index contributed by atoms with van der Waals surface area (Å²) < 4.78 is 2.29. The van der Waals surface area contributed by atoms with Crippen molar-refractivity contribution < 1.29 is 5.11 Å². The maximum atomic E-state index is 9.58. The molecule has 0 bridgehead atoms. The Balaban J connectivity index is 2.70. The Hall–Kier alpha value is -1.48. The zero-order valence-electron chi connectivity index (χ0n) is 10.7. The Morgan fingerprint density at radius 1 is 1.35 bits per heavy atom. The molecule has 0 unspecified atom stereocenters. The van der Waals surface area contributed by atoms with Crippen LogP contribution >= 0.6 is 0 Å². The van der Waals surface area contributed by atoms with E-state index >= 15 is 0 Å². The molecule has 1 aromatic carbocycles. The third-order valence-corrected chi connectivity index (χ3v) is 3.19. The van der Waals surface area contributed by atoms with Gasteiger partial charge >= 0.3 is 0 Å². The minimum Gasteiger partial charge on any atom is -0.508 e. The third kappa shape index (κ3) is 2.03. The standard InChI is InChI=1S/C14H20N2O/c1-9(2)8-16-10(3)13(7-15)12-6-11(17)4-5-14(12)16/h4-6,9,17H,7-8,15H2,1-3H3. The molecule has 3 heteroatoms. The molecule has 3 nitrogen and oxygen atoms in total. The highest BCUT2D eigenvalue weighted by atomic mass is 16.3. The summed E-state index contributed by atoms with van der Waals surface area (Å²) in [5.41, 5.74) is 9.32. The Morgan fingerprint density at radius 3 is 2.65 bits per heavy atom. The van der Waals surface area contributed by atoms with E-state index in [4.69, 9.17) is 5.73 Å². The number of aromatic hydroxyl groups is 1. The van der Waals surface area contributed by atoms with Gasteiger partial charge in [-0.05, 0) is 36.6 Å². The molecule has 17 heavy (non-hydrogen) atoms. The molecule has 0 saturated carbocycles. The Labute approximate surface area is 102 Å². The molecule has 0 aliphatic carbocycles. The van der Waals surface area contributed by atoms with Crippen molar-refractivity contribution in [1.29, 1.82) is 0 Å². The van der Waals surface area contributed by atoms with Crippen LogP contribution in [0.15, 0.2) is 18.2 Å². The summed E-state index contributed by atoms with van der Waals surface area (Å²) in [6.07, 6.45) is 0. The Bertz CT molecular complexity index is 541. The molecule has 0 spiro atoms. The monoisotopic (exact) mass is 232 g/mol. The molecule has 92 valence electrons. The van der Waals surface area contributed by atoms with Crippen molar-refractivity contribution in [3.05, 3.63) is 29.5 Å². The van der Waals surface area contributed by atoms with Crippen LogP contribution in [0.4, 0.5) is 0 Å². The van der Waals surface area contributed by atoms with Gasteiger partial charge in [0, 0.05) is 29.7 Å². The second-order valence-electron chi connectivity index (χ2n) is 4.97. The van der Waals surface area contributed by atoms with Gasteiger partial charge in [0.2, 0.25) is 0 Å². The van der Waals surface area contributed by atoms with E-state index in [1.165, 1.54) is 5.69 Å². The number of phenolic OH excluding ortho intramolecular Hbond substituents is 1. The lowest BCUT2D eigenvalue weighted by Crippen LogP contribution is -2.07. The molecule has 1 aromatic heterocycles. The van der Waals surface area contributed by atoms with Crippen molar-refractivity contribution in [3.8, 4) is 5.75 Å². The van der Waals surface area contributed by atoms with Gasteiger partial charge < -0.3 is 15.4 Å². The van der Waals surface area contributed by atoms with Crippen molar-refractivity contribution in [2.75, 3.05) is 0 Å². The van der Waals surface area contributed by atoms with Crippen molar-refractivity contribution >= 4 is 10.9 Å². The zero-order chi connectivity index (χ0) is 12.6. The normalized spacial score (nSPS) is 11.6. The quantitative estimate of drug-likeness (QED) is 0.855. The molecular formula is C14H20N2O. The van der Waals surface area contributed by atoms with Gasteiger partial charge in [0.25, 0.3) is 0 Å².